The van der Waals surface area contributed by atoms with E-state index in [1.807, 2.05) is 37.3 Å². The second-order valence-electron chi connectivity index (χ2n) is 9.34. The van der Waals surface area contributed by atoms with Crippen molar-refractivity contribution in [3.63, 3.8) is 0 Å². The number of sulfonamides is 1. The number of imidazole rings is 1. The Kier molecular flexibility index (Phi) is 8.27. The number of hydrogen-bond acceptors (Lipinski definition) is 6. The quantitative estimate of drug-likeness (QED) is 0.263. The molecule has 2 N–H and O–H groups in total. The van der Waals surface area contributed by atoms with Gasteiger partial charge in [0, 0.05) is 17.2 Å². The van der Waals surface area contributed by atoms with Crippen LogP contribution >= 0.6 is 23.2 Å². The van der Waals surface area contributed by atoms with Gasteiger partial charge in [-0.15, -0.1) is 0 Å². The van der Waals surface area contributed by atoms with Crippen LogP contribution in [0.25, 0.3) is 0 Å². The van der Waals surface area contributed by atoms with E-state index in [1.54, 1.807) is 47.3 Å². The molecular formula is C28H27Cl2N3O5S. The molecule has 4 atom stereocenters. The first-order chi connectivity index (χ1) is 18.7. The van der Waals surface area contributed by atoms with Crippen LogP contribution in [0.1, 0.15) is 36.0 Å². The number of rotatable bonds is 8. The van der Waals surface area contributed by atoms with Crippen LogP contribution in [0.5, 0.6) is 0 Å². The molecule has 1 aliphatic heterocycles. The molecule has 4 unspecified atom stereocenters. The monoisotopic (exact) mass is 587 g/mol. The average Bonchev–Trinajstić information content (AvgIpc) is 3.27. The summed E-state index contributed by atoms with van der Waals surface area (Å²) in [6.07, 6.45) is 0.0604. The van der Waals surface area contributed by atoms with E-state index in [4.69, 9.17) is 32.7 Å². The molecule has 8 nitrogen and oxygen atoms in total. The van der Waals surface area contributed by atoms with Crippen molar-refractivity contribution in [1.82, 2.24) is 9.55 Å². The zero-order valence-corrected chi connectivity index (χ0v) is 23.3. The lowest BCUT2D eigenvalue weighted by atomic mass is 9.90. The molecule has 11 heteroatoms. The highest BCUT2D eigenvalue weighted by molar-refractivity contribution is 7.92. The predicted octanol–water partition coefficient (Wildman–Crippen LogP) is 5.97. The standard InChI is InChI=1S/C28H27Cl2N3O5S/c1-18-24(15-33-17-31-26(29)27(33)30)37-28(38-25(18)20-12-10-19(16-34)11-13-20)21-6-5-7-22(14-21)32-39(35,36)23-8-3-2-4-9-23/h2-14,17-18,24-25,28,32,34H,15-16H2,1H3. The molecule has 0 amide bonds. The van der Waals surface area contributed by atoms with Crippen molar-refractivity contribution in [1.29, 1.82) is 0 Å². The Hall–Kier alpha value is -2.92. The number of nitrogens with zero attached hydrogens (tertiary/aromatic N) is 2. The molecular weight excluding hydrogens is 561 g/mol. The second kappa shape index (κ2) is 11.7. The molecule has 0 aliphatic carbocycles. The Morgan fingerprint density at radius 3 is 2.38 bits per heavy atom. The smallest absolute Gasteiger partial charge is 0.261 e. The summed E-state index contributed by atoms with van der Waals surface area (Å²) in [5.41, 5.74) is 2.75. The summed E-state index contributed by atoms with van der Waals surface area (Å²) in [7, 11) is -3.77. The van der Waals surface area contributed by atoms with Gasteiger partial charge in [-0.25, -0.2) is 13.4 Å². The largest absolute Gasteiger partial charge is 0.392 e. The third kappa shape index (κ3) is 6.14. The van der Waals surface area contributed by atoms with Gasteiger partial charge in [-0.2, -0.15) is 0 Å². The Morgan fingerprint density at radius 1 is 0.974 bits per heavy atom. The first-order valence-corrected chi connectivity index (χ1v) is 14.5. The van der Waals surface area contributed by atoms with E-state index in [2.05, 4.69) is 9.71 Å². The van der Waals surface area contributed by atoms with Crippen molar-refractivity contribution < 1.29 is 23.0 Å². The van der Waals surface area contributed by atoms with Gasteiger partial charge in [-0.1, -0.05) is 84.7 Å². The number of aromatic nitrogens is 2. The van der Waals surface area contributed by atoms with Crippen LogP contribution < -0.4 is 4.72 Å². The van der Waals surface area contributed by atoms with E-state index in [0.29, 0.717) is 22.9 Å². The molecule has 0 radical (unpaired) electrons. The third-order valence-electron chi connectivity index (χ3n) is 6.70. The van der Waals surface area contributed by atoms with E-state index in [1.165, 1.54) is 12.1 Å². The molecule has 1 saturated heterocycles. The van der Waals surface area contributed by atoms with Crippen molar-refractivity contribution in [2.45, 2.75) is 43.5 Å². The van der Waals surface area contributed by atoms with Crippen LogP contribution in [0.2, 0.25) is 10.3 Å². The van der Waals surface area contributed by atoms with Crippen molar-refractivity contribution >= 4 is 38.9 Å². The number of aliphatic hydroxyl groups excluding tert-OH is 1. The number of anilines is 1. The zero-order chi connectivity index (χ0) is 27.6. The number of nitrogens with one attached hydrogen (secondary N) is 1. The van der Waals surface area contributed by atoms with Gasteiger partial charge in [-0.3, -0.25) is 4.72 Å². The second-order valence-corrected chi connectivity index (χ2v) is 11.7. The minimum Gasteiger partial charge on any atom is -0.392 e. The number of aliphatic hydroxyl groups is 1. The van der Waals surface area contributed by atoms with Crippen LogP contribution in [0.4, 0.5) is 5.69 Å². The van der Waals surface area contributed by atoms with Gasteiger partial charge < -0.3 is 19.1 Å². The first kappa shape index (κ1) is 27.6. The Balaban J connectivity index is 1.45. The lowest BCUT2D eigenvalue weighted by molar-refractivity contribution is -0.276. The lowest BCUT2D eigenvalue weighted by Crippen LogP contribution is -2.39. The van der Waals surface area contributed by atoms with Crippen LogP contribution in [0, 0.1) is 5.92 Å². The summed E-state index contributed by atoms with van der Waals surface area (Å²) in [5.74, 6) is -0.0989. The van der Waals surface area contributed by atoms with E-state index in [-0.39, 0.29) is 34.8 Å². The van der Waals surface area contributed by atoms with Gasteiger partial charge in [-0.05, 0) is 35.4 Å². The van der Waals surface area contributed by atoms with E-state index in [9.17, 15) is 13.5 Å². The third-order valence-corrected chi connectivity index (χ3v) is 8.86. The van der Waals surface area contributed by atoms with Crippen molar-refractivity contribution in [2.75, 3.05) is 4.72 Å². The number of benzene rings is 3. The highest BCUT2D eigenvalue weighted by Crippen LogP contribution is 2.42. The van der Waals surface area contributed by atoms with Gasteiger partial charge >= 0.3 is 0 Å². The Bertz CT molecular complexity index is 1530. The van der Waals surface area contributed by atoms with Gasteiger partial charge in [0.05, 0.1) is 36.6 Å². The molecule has 1 aliphatic rings. The summed E-state index contributed by atoms with van der Waals surface area (Å²) < 4.78 is 43.0. The molecule has 4 aromatic rings. The van der Waals surface area contributed by atoms with E-state index in [0.717, 1.165) is 11.1 Å². The summed E-state index contributed by atoms with van der Waals surface area (Å²) in [4.78, 5) is 4.24. The normalized spacial score (nSPS) is 21.5. The SMILES string of the molecule is CC1C(Cn2cnc(Cl)c2Cl)OC(c2cccc(NS(=O)(=O)c3ccccc3)c2)OC1c1ccc(CO)cc1. The van der Waals surface area contributed by atoms with E-state index >= 15 is 0 Å². The summed E-state index contributed by atoms with van der Waals surface area (Å²) >= 11 is 12.4. The van der Waals surface area contributed by atoms with Gasteiger partial charge in [0.25, 0.3) is 10.0 Å². The number of hydrogen-bond donors (Lipinski definition) is 2. The molecule has 204 valence electrons. The summed E-state index contributed by atoms with van der Waals surface area (Å²) in [6.45, 7) is 2.36. The minimum absolute atomic E-state index is 0.0543. The minimum atomic E-state index is -3.77. The molecule has 0 spiro atoms. The highest BCUT2D eigenvalue weighted by atomic mass is 35.5. The van der Waals surface area contributed by atoms with Crippen LogP contribution in [-0.2, 0) is 32.6 Å². The molecule has 0 bridgehead atoms. The van der Waals surface area contributed by atoms with Crippen molar-refractivity contribution in [2.24, 2.45) is 5.92 Å². The zero-order valence-electron chi connectivity index (χ0n) is 20.9. The lowest BCUT2D eigenvalue weighted by Gasteiger charge is -2.41. The molecule has 39 heavy (non-hydrogen) atoms. The van der Waals surface area contributed by atoms with Crippen molar-refractivity contribution in [3.05, 3.63) is 112 Å². The van der Waals surface area contributed by atoms with Crippen molar-refractivity contribution in [3.8, 4) is 0 Å². The first-order valence-electron chi connectivity index (χ1n) is 12.3. The summed E-state index contributed by atoms with van der Waals surface area (Å²) in [5, 5.41) is 9.99. The molecule has 1 fully saturated rings. The highest BCUT2D eigenvalue weighted by Gasteiger charge is 2.39. The Labute approximate surface area is 237 Å². The van der Waals surface area contributed by atoms with Crippen LogP contribution in [-0.4, -0.2) is 29.2 Å². The maximum atomic E-state index is 12.9. The van der Waals surface area contributed by atoms with Crippen LogP contribution in [0.15, 0.2) is 90.1 Å². The fourth-order valence-electron chi connectivity index (χ4n) is 4.55. The maximum absolute atomic E-state index is 12.9. The molecule has 0 saturated carbocycles. The van der Waals surface area contributed by atoms with Gasteiger partial charge in [0.2, 0.25) is 0 Å². The van der Waals surface area contributed by atoms with E-state index < -0.39 is 16.3 Å². The van der Waals surface area contributed by atoms with Gasteiger partial charge in [0.15, 0.2) is 11.4 Å². The topological polar surface area (TPSA) is 103 Å². The fraction of sp³-hybridized carbons (Fsp3) is 0.250. The number of halogens is 2. The summed E-state index contributed by atoms with van der Waals surface area (Å²) in [6, 6.07) is 22.7. The molecule has 5 rings (SSSR count). The fourth-order valence-corrected chi connectivity index (χ4v) is 5.94. The predicted molar refractivity (Wildman–Crippen MR) is 149 cm³/mol. The maximum Gasteiger partial charge on any atom is 0.261 e. The Morgan fingerprint density at radius 2 is 1.72 bits per heavy atom. The molecule has 2 heterocycles. The van der Waals surface area contributed by atoms with Gasteiger partial charge in [0.1, 0.15) is 5.15 Å². The van der Waals surface area contributed by atoms with Crippen LogP contribution in [0.3, 0.4) is 0 Å². The molecule has 3 aromatic carbocycles. The number of ether oxygens (including phenoxy) is 2. The average molecular weight is 589 g/mol. The molecule has 1 aromatic heterocycles.